The maximum Gasteiger partial charge on any atom is 0.138 e. The molecule has 0 amide bonds. The van der Waals surface area contributed by atoms with Gasteiger partial charge in [-0.25, -0.2) is 9.37 Å². The highest BCUT2D eigenvalue weighted by Crippen LogP contribution is 2.29. The Labute approximate surface area is 104 Å². The van der Waals surface area contributed by atoms with Crippen LogP contribution in [0, 0.1) is 5.82 Å². The van der Waals surface area contributed by atoms with Crippen molar-refractivity contribution in [2.45, 2.75) is 12.5 Å². The molecule has 96 valence electrons. The van der Waals surface area contributed by atoms with E-state index in [0.29, 0.717) is 11.6 Å². The van der Waals surface area contributed by atoms with Crippen LogP contribution in [0.4, 0.5) is 4.39 Å². The molecule has 6 heteroatoms. The Hall–Kier alpha value is -1.95. The lowest BCUT2D eigenvalue weighted by Crippen LogP contribution is -2.10. The van der Waals surface area contributed by atoms with E-state index in [2.05, 4.69) is 10.1 Å². The Kier molecular flexibility index (Phi) is 3.57. The molecular weight excluding hydrogens is 237 g/mol. The molecule has 1 aromatic heterocycles. The molecule has 0 bridgehead atoms. The van der Waals surface area contributed by atoms with Crippen molar-refractivity contribution in [3.05, 3.63) is 41.7 Å². The fraction of sp³-hybridized carbons (Fsp3) is 0.333. The highest BCUT2D eigenvalue weighted by molar-refractivity contribution is 5.36. The number of rotatable bonds is 4. The van der Waals surface area contributed by atoms with Crippen molar-refractivity contribution < 1.29 is 14.2 Å². The molecule has 0 aliphatic rings. The first-order valence-electron chi connectivity index (χ1n) is 5.46. The van der Waals surface area contributed by atoms with Gasteiger partial charge in [0.15, 0.2) is 0 Å². The van der Waals surface area contributed by atoms with Gasteiger partial charge in [0.2, 0.25) is 0 Å². The summed E-state index contributed by atoms with van der Waals surface area (Å²) in [6.45, 7) is 0. The van der Waals surface area contributed by atoms with E-state index < -0.39 is 11.9 Å². The third-order valence-corrected chi connectivity index (χ3v) is 2.75. The summed E-state index contributed by atoms with van der Waals surface area (Å²) in [5, 5.41) is 14.0. The minimum atomic E-state index is -1.02. The molecule has 0 radical (unpaired) electrons. The van der Waals surface area contributed by atoms with Gasteiger partial charge >= 0.3 is 0 Å². The summed E-state index contributed by atoms with van der Waals surface area (Å²) in [5.41, 5.74) is 0.142. The maximum atomic E-state index is 13.7. The quantitative estimate of drug-likeness (QED) is 0.888. The summed E-state index contributed by atoms with van der Waals surface area (Å²) in [4.78, 5) is 4.00. The van der Waals surface area contributed by atoms with E-state index in [9.17, 15) is 9.50 Å². The number of aryl methyl sites for hydroxylation is 1. The number of aliphatic hydroxyl groups is 1. The highest BCUT2D eigenvalue weighted by Gasteiger charge is 2.20. The smallest absolute Gasteiger partial charge is 0.138 e. The third kappa shape index (κ3) is 2.33. The third-order valence-electron chi connectivity index (χ3n) is 2.75. The first-order valence-corrected chi connectivity index (χ1v) is 5.46. The number of aliphatic hydroxyl groups excluding tert-OH is 1. The predicted octanol–water partition coefficient (Wildman–Crippen LogP) is 1.24. The molecule has 0 fully saturated rings. The molecule has 18 heavy (non-hydrogen) atoms. The average molecular weight is 251 g/mol. The number of benzene rings is 1. The van der Waals surface area contributed by atoms with Crippen LogP contribution in [0.2, 0.25) is 0 Å². The molecule has 0 spiro atoms. The van der Waals surface area contributed by atoms with Crippen LogP contribution >= 0.6 is 0 Å². The van der Waals surface area contributed by atoms with Crippen molar-refractivity contribution in [3.8, 4) is 5.75 Å². The van der Waals surface area contributed by atoms with E-state index in [4.69, 9.17) is 4.74 Å². The summed E-state index contributed by atoms with van der Waals surface area (Å²) in [6, 6.07) is 4.43. The van der Waals surface area contributed by atoms with Crippen LogP contribution in [0.5, 0.6) is 5.75 Å². The van der Waals surface area contributed by atoms with Gasteiger partial charge in [0.1, 0.15) is 23.7 Å². The van der Waals surface area contributed by atoms with Gasteiger partial charge in [-0.15, -0.1) is 0 Å². The topological polar surface area (TPSA) is 60.2 Å². The largest absolute Gasteiger partial charge is 0.496 e. The van der Waals surface area contributed by atoms with E-state index >= 15 is 0 Å². The van der Waals surface area contributed by atoms with Gasteiger partial charge in [-0.3, -0.25) is 4.68 Å². The maximum absolute atomic E-state index is 13.7. The van der Waals surface area contributed by atoms with E-state index in [1.807, 2.05) is 0 Å². The van der Waals surface area contributed by atoms with Gasteiger partial charge in [0.25, 0.3) is 0 Å². The number of aromatic nitrogens is 3. The lowest BCUT2D eigenvalue weighted by molar-refractivity contribution is 0.165. The Bertz CT molecular complexity index is 542. The zero-order valence-corrected chi connectivity index (χ0v) is 10.2. The number of hydrogen-bond acceptors (Lipinski definition) is 4. The molecule has 2 rings (SSSR count). The van der Waals surface area contributed by atoms with Crippen molar-refractivity contribution in [3.63, 3.8) is 0 Å². The normalized spacial score (nSPS) is 12.4. The van der Waals surface area contributed by atoms with Gasteiger partial charge < -0.3 is 9.84 Å². The summed E-state index contributed by atoms with van der Waals surface area (Å²) in [7, 11) is 3.15. The van der Waals surface area contributed by atoms with Gasteiger partial charge in [0.05, 0.1) is 18.8 Å². The molecule has 2 aromatic rings. The van der Waals surface area contributed by atoms with Crippen molar-refractivity contribution in [2.24, 2.45) is 7.05 Å². The Balaban J connectivity index is 2.29. The highest BCUT2D eigenvalue weighted by atomic mass is 19.1. The molecular formula is C12H14FN3O2. The Morgan fingerprint density at radius 1 is 1.50 bits per heavy atom. The van der Waals surface area contributed by atoms with Crippen molar-refractivity contribution in [1.82, 2.24) is 14.8 Å². The summed E-state index contributed by atoms with van der Waals surface area (Å²) in [5.74, 6) is 0.404. The van der Waals surface area contributed by atoms with Gasteiger partial charge in [0, 0.05) is 13.5 Å². The SMILES string of the molecule is COc1cccc(F)c1C(O)Cc1ncnn1C. The van der Waals surface area contributed by atoms with Crippen LogP contribution in [0.15, 0.2) is 24.5 Å². The first kappa shape index (κ1) is 12.5. The van der Waals surface area contributed by atoms with E-state index in [0.717, 1.165) is 0 Å². The van der Waals surface area contributed by atoms with Crippen LogP contribution in [-0.2, 0) is 13.5 Å². The van der Waals surface area contributed by atoms with Gasteiger partial charge in [-0.2, -0.15) is 5.10 Å². The Morgan fingerprint density at radius 3 is 2.89 bits per heavy atom. The minimum Gasteiger partial charge on any atom is -0.496 e. The molecule has 1 aromatic carbocycles. The van der Waals surface area contributed by atoms with Crippen LogP contribution in [0.1, 0.15) is 17.5 Å². The lowest BCUT2D eigenvalue weighted by atomic mass is 10.0. The molecule has 1 N–H and O–H groups in total. The molecule has 1 unspecified atom stereocenters. The molecule has 5 nitrogen and oxygen atoms in total. The zero-order valence-electron chi connectivity index (χ0n) is 10.2. The van der Waals surface area contributed by atoms with Crippen molar-refractivity contribution >= 4 is 0 Å². The van der Waals surface area contributed by atoms with Gasteiger partial charge in [-0.1, -0.05) is 6.07 Å². The fourth-order valence-corrected chi connectivity index (χ4v) is 1.80. The molecule has 1 atom stereocenters. The fourth-order valence-electron chi connectivity index (χ4n) is 1.80. The number of hydrogen-bond donors (Lipinski definition) is 1. The number of halogens is 1. The second-order valence-corrected chi connectivity index (χ2v) is 3.88. The summed E-state index contributed by atoms with van der Waals surface area (Å²) in [6.07, 6.45) is 0.540. The van der Waals surface area contributed by atoms with Crippen LogP contribution in [0.25, 0.3) is 0 Å². The molecule has 1 heterocycles. The van der Waals surface area contributed by atoms with E-state index in [1.165, 1.54) is 30.3 Å². The molecule has 0 saturated heterocycles. The predicted molar refractivity (Wildman–Crippen MR) is 62.6 cm³/mol. The number of nitrogens with zero attached hydrogens (tertiary/aromatic N) is 3. The average Bonchev–Trinajstić information content (AvgIpc) is 2.74. The standard InChI is InChI=1S/C12H14FN3O2/c1-16-11(14-7-15-16)6-9(17)12-8(13)4-3-5-10(12)18-2/h3-5,7,9,17H,6H2,1-2H3. The summed E-state index contributed by atoms with van der Waals surface area (Å²) >= 11 is 0. The minimum absolute atomic E-state index is 0.142. The van der Waals surface area contributed by atoms with Crippen LogP contribution < -0.4 is 4.74 Å². The monoisotopic (exact) mass is 251 g/mol. The number of methoxy groups -OCH3 is 1. The first-order chi connectivity index (χ1) is 8.63. The molecule has 0 saturated carbocycles. The molecule has 0 aliphatic carbocycles. The van der Waals surface area contributed by atoms with Crippen molar-refractivity contribution in [1.29, 1.82) is 0 Å². The van der Waals surface area contributed by atoms with Gasteiger partial charge in [-0.05, 0) is 12.1 Å². The second-order valence-electron chi connectivity index (χ2n) is 3.88. The van der Waals surface area contributed by atoms with E-state index in [1.54, 1.807) is 13.1 Å². The lowest BCUT2D eigenvalue weighted by Gasteiger charge is -2.15. The second kappa shape index (κ2) is 5.14. The zero-order chi connectivity index (χ0) is 13.1. The molecule has 0 aliphatic heterocycles. The number of ether oxygens (including phenoxy) is 1. The summed E-state index contributed by atoms with van der Waals surface area (Å²) < 4.78 is 20.3. The van der Waals surface area contributed by atoms with E-state index in [-0.39, 0.29) is 12.0 Å². The van der Waals surface area contributed by atoms with Crippen LogP contribution in [0.3, 0.4) is 0 Å². The van der Waals surface area contributed by atoms with Crippen LogP contribution in [-0.4, -0.2) is 27.0 Å². The Morgan fingerprint density at radius 2 is 2.28 bits per heavy atom. The van der Waals surface area contributed by atoms with Crippen molar-refractivity contribution in [2.75, 3.05) is 7.11 Å².